The standard InChI is InChI=1S/C21H32N4O/c1-17(2)5-4-9-21(3)10-6-20(26)25(16-21)18-7-13-24(14-8-18)19-15-22-11-12-23-19/h5,11-12,15,18H,4,6-10,13-14,16H2,1-3H3/t21-/m0/s1. The average Bonchev–Trinajstić information content (AvgIpc) is 2.65. The van der Waals surface area contributed by atoms with Gasteiger partial charge in [0.05, 0.1) is 6.20 Å². The number of allylic oxidation sites excluding steroid dienone is 2. The molecule has 0 aromatic carbocycles. The highest BCUT2D eigenvalue weighted by molar-refractivity contribution is 5.77. The summed E-state index contributed by atoms with van der Waals surface area (Å²) in [4.78, 5) is 25.6. The van der Waals surface area contributed by atoms with E-state index in [1.165, 1.54) is 12.0 Å². The highest BCUT2D eigenvalue weighted by Crippen LogP contribution is 2.37. The molecule has 3 rings (SSSR count). The molecule has 0 bridgehead atoms. The van der Waals surface area contributed by atoms with Gasteiger partial charge in [-0.15, -0.1) is 0 Å². The van der Waals surface area contributed by atoms with Crippen molar-refractivity contribution < 1.29 is 4.79 Å². The number of nitrogens with zero attached hydrogens (tertiary/aromatic N) is 4. The number of rotatable bonds is 5. The molecule has 2 saturated heterocycles. The molecular formula is C21H32N4O. The van der Waals surface area contributed by atoms with E-state index in [9.17, 15) is 4.79 Å². The monoisotopic (exact) mass is 356 g/mol. The number of hydrogen-bond acceptors (Lipinski definition) is 4. The zero-order valence-electron chi connectivity index (χ0n) is 16.4. The smallest absolute Gasteiger partial charge is 0.222 e. The number of hydrogen-bond donors (Lipinski definition) is 0. The normalized spacial score (nSPS) is 24.7. The van der Waals surface area contributed by atoms with Crippen molar-refractivity contribution in [2.75, 3.05) is 24.5 Å². The highest BCUT2D eigenvalue weighted by atomic mass is 16.2. The minimum absolute atomic E-state index is 0.252. The molecule has 0 aliphatic carbocycles. The van der Waals surface area contributed by atoms with Gasteiger partial charge in [-0.1, -0.05) is 18.6 Å². The van der Waals surface area contributed by atoms with Crippen LogP contribution in [0.25, 0.3) is 0 Å². The van der Waals surface area contributed by atoms with Gasteiger partial charge in [-0.25, -0.2) is 4.98 Å². The van der Waals surface area contributed by atoms with E-state index in [4.69, 9.17) is 0 Å². The molecule has 0 saturated carbocycles. The van der Waals surface area contributed by atoms with E-state index in [2.05, 4.69) is 46.6 Å². The van der Waals surface area contributed by atoms with E-state index in [1.807, 2.05) is 6.20 Å². The average molecular weight is 357 g/mol. The van der Waals surface area contributed by atoms with Gasteiger partial charge < -0.3 is 9.80 Å². The van der Waals surface area contributed by atoms with Crippen LogP contribution >= 0.6 is 0 Å². The van der Waals surface area contributed by atoms with Crippen LogP contribution in [0, 0.1) is 5.41 Å². The summed E-state index contributed by atoms with van der Waals surface area (Å²) in [5.41, 5.74) is 1.63. The van der Waals surface area contributed by atoms with Crippen LogP contribution < -0.4 is 4.90 Å². The van der Waals surface area contributed by atoms with Gasteiger partial charge in [0.15, 0.2) is 0 Å². The lowest BCUT2D eigenvalue weighted by Gasteiger charge is -2.46. The van der Waals surface area contributed by atoms with Crippen molar-refractivity contribution in [1.29, 1.82) is 0 Å². The summed E-state index contributed by atoms with van der Waals surface area (Å²) in [6.07, 6.45) is 13.7. The minimum Gasteiger partial charge on any atom is -0.355 e. The van der Waals surface area contributed by atoms with Gasteiger partial charge in [0, 0.05) is 44.5 Å². The van der Waals surface area contributed by atoms with Crippen LogP contribution in [-0.4, -0.2) is 46.5 Å². The minimum atomic E-state index is 0.252. The molecule has 1 amide bonds. The zero-order chi connectivity index (χ0) is 18.6. The van der Waals surface area contributed by atoms with E-state index in [-0.39, 0.29) is 5.41 Å². The largest absolute Gasteiger partial charge is 0.355 e. The Morgan fingerprint density at radius 3 is 2.73 bits per heavy atom. The maximum absolute atomic E-state index is 12.6. The summed E-state index contributed by atoms with van der Waals surface area (Å²) >= 11 is 0. The first kappa shape index (κ1) is 18.9. The van der Waals surface area contributed by atoms with Crippen LogP contribution in [0.5, 0.6) is 0 Å². The van der Waals surface area contributed by atoms with Crippen LogP contribution in [0.15, 0.2) is 30.2 Å². The van der Waals surface area contributed by atoms with Gasteiger partial charge in [0.25, 0.3) is 0 Å². The molecular weight excluding hydrogens is 324 g/mol. The number of amides is 1. The second kappa shape index (κ2) is 8.19. The van der Waals surface area contributed by atoms with Gasteiger partial charge in [-0.05, 0) is 51.4 Å². The van der Waals surface area contributed by atoms with Crippen molar-refractivity contribution in [3.63, 3.8) is 0 Å². The van der Waals surface area contributed by atoms with Crippen molar-refractivity contribution in [1.82, 2.24) is 14.9 Å². The molecule has 0 radical (unpaired) electrons. The third kappa shape index (κ3) is 4.63. The lowest BCUT2D eigenvalue weighted by Crippen LogP contribution is -2.53. The second-order valence-electron chi connectivity index (χ2n) is 8.43. The molecule has 3 heterocycles. The van der Waals surface area contributed by atoms with E-state index in [0.29, 0.717) is 18.4 Å². The van der Waals surface area contributed by atoms with Crippen molar-refractivity contribution >= 4 is 11.7 Å². The Bertz CT molecular complexity index is 633. The molecule has 5 heteroatoms. The maximum atomic E-state index is 12.6. The van der Waals surface area contributed by atoms with Crippen LogP contribution in [0.3, 0.4) is 0 Å². The van der Waals surface area contributed by atoms with Gasteiger partial charge in [0.1, 0.15) is 5.82 Å². The van der Waals surface area contributed by atoms with Gasteiger partial charge in [0.2, 0.25) is 5.91 Å². The summed E-state index contributed by atoms with van der Waals surface area (Å²) in [5, 5.41) is 0. The third-order valence-corrected chi connectivity index (χ3v) is 5.89. The predicted molar refractivity (Wildman–Crippen MR) is 105 cm³/mol. The van der Waals surface area contributed by atoms with Crippen molar-refractivity contribution in [3.8, 4) is 0 Å². The number of carbonyl (C=O) groups is 1. The molecule has 2 fully saturated rings. The number of carbonyl (C=O) groups excluding carboxylic acids is 1. The Hall–Kier alpha value is -1.91. The quantitative estimate of drug-likeness (QED) is 0.753. The summed E-state index contributed by atoms with van der Waals surface area (Å²) < 4.78 is 0. The van der Waals surface area contributed by atoms with E-state index < -0.39 is 0 Å². The molecule has 0 spiro atoms. The number of piperidine rings is 2. The molecule has 142 valence electrons. The Kier molecular flexibility index (Phi) is 5.94. The highest BCUT2D eigenvalue weighted by Gasteiger charge is 2.38. The molecule has 2 aliphatic heterocycles. The van der Waals surface area contributed by atoms with E-state index in [1.54, 1.807) is 12.4 Å². The molecule has 5 nitrogen and oxygen atoms in total. The lowest BCUT2D eigenvalue weighted by molar-refractivity contribution is -0.140. The summed E-state index contributed by atoms with van der Waals surface area (Å²) in [6.45, 7) is 9.48. The SMILES string of the molecule is CC(C)=CCC[C@@]1(C)CCC(=O)N(C2CCN(c3cnccn3)CC2)C1. The number of aromatic nitrogens is 2. The number of likely N-dealkylation sites (tertiary alicyclic amines) is 1. The molecule has 1 aromatic heterocycles. The summed E-state index contributed by atoms with van der Waals surface area (Å²) in [6, 6.07) is 0.374. The van der Waals surface area contributed by atoms with Crippen molar-refractivity contribution in [2.45, 2.75) is 65.3 Å². The maximum Gasteiger partial charge on any atom is 0.222 e. The lowest BCUT2D eigenvalue weighted by atomic mass is 9.77. The Labute approximate surface area is 157 Å². The van der Waals surface area contributed by atoms with Gasteiger partial charge >= 0.3 is 0 Å². The molecule has 1 atom stereocenters. The summed E-state index contributed by atoms with van der Waals surface area (Å²) in [7, 11) is 0. The Morgan fingerprint density at radius 2 is 2.08 bits per heavy atom. The van der Waals surface area contributed by atoms with E-state index in [0.717, 1.165) is 51.1 Å². The van der Waals surface area contributed by atoms with E-state index >= 15 is 0 Å². The topological polar surface area (TPSA) is 49.3 Å². The van der Waals surface area contributed by atoms with Crippen LogP contribution in [-0.2, 0) is 4.79 Å². The first-order chi connectivity index (χ1) is 12.5. The first-order valence-electron chi connectivity index (χ1n) is 9.91. The Morgan fingerprint density at radius 1 is 1.31 bits per heavy atom. The summed E-state index contributed by atoms with van der Waals surface area (Å²) in [5.74, 6) is 1.30. The van der Waals surface area contributed by atoms with Crippen molar-refractivity contribution in [3.05, 3.63) is 30.2 Å². The number of anilines is 1. The van der Waals surface area contributed by atoms with Crippen LogP contribution in [0.2, 0.25) is 0 Å². The predicted octanol–water partition coefficient (Wildman–Crippen LogP) is 3.82. The van der Waals surface area contributed by atoms with Crippen LogP contribution in [0.1, 0.15) is 59.3 Å². The molecule has 1 aromatic rings. The third-order valence-electron chi connectivity index (χ3n) is 5.89. The zero-order valence-corrected chi connectivity index (χ0v) is 16.4. The molecule has 2 aliphatic rings. The van der Waals surface area contributed by atoms with Gasteiger partial charge in [-0.3, -0.25) is 9.78 Å². The van der Waals surface area contributed by atoms with Gasteiger partial charge in [-0.2, -0.15) is 0 Å². The second-order valence-corrected chi connectivity index (χ2v) is 8.43. The fourth-order valence-electron chi connectivity index (χ4n) is 4.24. The first-order valence-corrected chi connectivity index (χ1v) is 9.91. The van der Waals surface area contributed by atoms with Crippen LogP contribution in [0.4, 0.5) is 5.82 Å². The fraction of sp³-hybridized carbons (Fsp3) is 0.667. The Balaban J connectivity index is 1.58. The van der Waals surface area contributed by atoms with Crippen molar-refractivity contribution in [2.24, 2.45) is 5.41 Å². The molecule has 26 heavy (non-hydrogen) atoms. The molecule has 0 N–H and O–H groups in total. The fourth-order valence-corrected chi connectivity index (χ4v) is 4.24. The molecule has 0 unspecified atom stereocenters.